The number of hydrogen-bond donors (Lipinski definition) is 1. The number of aromatic nitrogens is 2. The van der Waals surface area contributed by atoms with Gasteiger partial charge in [-0.1, -0.05) is 12.1 Å². The molecule has 0 radical (unpaired) electrons. The van der Waals surface area contributed by atoms with Crippen LogP contribution in [-0.4, -0.2) is 27.7 Å². The van der Waals surface area contributed by atoms with E-state index in [0.29, 0.717) is 18.8 Å². The van der Waals surface area contributed by atoms with Crippen molar-refractivity contribution in [2.75, 3.05) is 11.4 Å². The largest absolute Gasteiger partial charge is 0.391 e. The minimum atomic E-state index is -0.475. The van der Waals surface area contributed by atoms with Crippen LogP contribution in [0.15, 0.2) is 36.7 Å². The smallest absolute Gasteiger partial charge is 0.158 e. The van der Waals surface area contributed by atoms with E-state index < -0.39 is 6.10 Å². The summed E-state index contributed by atoms with van der Waals surface area (Å²) in [5.74, 6) is 0.307. The van der Waals surface area contributed by atoms with E-state index in [0.717, 1.165) is 5.56 Å². The van der Waals surface area contributed by atoms with Gasteiger partial charge in [-0.3, -0.25) is 0 Å². The van der Waals surface area contributed by atoms with Crippen LogP contribution in [0, 0.1) is 17.1 Å². The van der Waals surface area contributed by atoms with Crippen LogP contribution in [0.25, 0.3) is 0 Å². The van der Waals surface area contributed by atoms with E-state index >= 15 is 0 Å². The summed E-state index contributed by atoms with van der Waals surface area (Å²) >= 11 is 0. The summed E-state index contributed by atoms with van der Waals surface area (Å²) in [6.45, 7) is 0.433. The van der Waals surface area contributed by atoms with E-state index in [1.165, 1.54) is 24.5 Å². The fraction of sp³-hybridized carbons (Fsp3) is 0.267. The number of anilines is 1. The summed E-state index contributed by atoms with van der Waals surface area (Å²) in [6, 6.07) is 8.07. The van der Waals surface area contributed by atoms with Gasteiger partial charge in [0.15, 0.2) is 5.69 Å². The Kier molecular flexibility index (Phi) is 3.50. The molecule has 2 heterocycles. The van der Waals surface area contributed by atoms with Crippen molar-refractivity contribution in [2.45, 2.75) is 18.6 Å². The van der Waals surface area contributed by atoms with E-state index in [9.17, 15) is 9.50 Å². The highest BCUT2D eigenvalue weighted by Crippen LogP contribution is 2.35. The zero-order chi connectivity index (χ0) is 14.8. The second-order valence-electron chi connectivity index (χ2n) is 4.98. The third kappa shape index (κ3) is 2.69. The maximum absolute atomic E-state index is 13.0. The Hall–Kier alpha value is -2.52. The lowest BCUT2D eigenvalue weighted by molar-refractivity contribution is 0.194. The predicted octanol–water partition coefficient (Wildman–Crippen LogP) is 1.80. The van der Waals surface area contributed by atoms with Crippen LogP contribution in [0.5, 0.6) is 0 Å². The molecule has 21 heavy (non-hydrogen) atoms. The predicted molar refractivity (Wildman–Crippen MR) is 73.9 cm³/mol. The molecule has 1 aliphatic rings. The summed E-state index contributed by atoms with van der Waals surface area (Å²) in [7, 11) is 0. The molecule has 0 spiro atoms. The van der Waals surface area contributed by atoms with Crippen LogP contribution in [0.2, 0.25) is 0 Å². The highest BCUT2D eigenvalue weighted by atomic mass is 19.1. The molecule has 5 nitrogen and oxygen atoms in total. The minimum Gasteiger partial charge on any atom is -0.391 e. The summed E-state index contributed by atoms with van der Waals surface area (Å²) in [6.07, 6.45) is 3.00. The zero-order valence-corrected chi connectivity index (χ0v) is 11.1. The van der Waals surface area contributed by atoms with E-state index in [4.69, 9.17) is 5.26 Å². The zero-order valence-electron chi connectivity index (χ0n) is 11.1. The molecule has 0 bridgehead atoms. The number of β-amino-alcohol motifs (C(OH)–C–C–N with tert-alkyl or cyclic N) is 1. The van der Waals surface area contributed by atoms with Gasteiger partial charge in [0, 0.05) is 6.54 Å². The number of hydrogen-bond acceptors (Lipinski definition) is 5. The molecule has 2 aromatic rings. The van der Waals surface area contributed by atoms with Crippen molar-refractivity contribution >= 4 is 5.82 Å². The third-order valence-corrected chi connectivity index (χ3v) is 3.58. The van der Waals surface area contributed by atoms with Gasteiger partial charge in [-0.15, -0.1) is 0 Å². The van der Waals surface area contributed by atoms with Gasteiger partial charge < -0.3 is 10.0 Å². The maximum atomic E-state index is 13.0. The molecule has 1 fully saturated rings. The van der Waals surface area contributed by atoms with Crippen LogP contribution < -0.4 is 4.90 Å². The number of aliphatic hydroxyl groups is 1. The average molecular weight is 284 g/mol. The van der Waals surface area contributed by atoms with Gasteiger partial charge in [0.2, 0.25) is 0 Å². The highest BCUT2D eigenvalue weighted by molar-refractivity contribution is 5.44. The quantitative estimate of drug-likeness (QED) is 0.910. The Morgan fingerprint density at radius 3 is 2.62 bits per heavy atom. The van der Waals surface area contributed by atoms with Crippen molar-refractivity contribution < 1.29 is 9.50 Å². The lowest BCUT2D eigenvalue weighted by Gasteiger charge is -2.25. The molecule has 0 unspecified atom stereocenters. The van der Waals surface area contributed by atoms with Crippen molar-refractivity contribution in [1.82, 2.24) is 9.97 Å². The fourth-order valence-corrected chi connectivity index (χ4v) is 2.60. The van der Waals surface area contributed by atoms with Crippen molar-refractivity contribution in [3.8, 4) is 6.07 Å². The van der Waals surface area contributed by atoms with Crippen LogP contribution in [0.1, 0.15) is 23.7 Å². The lowest BCUT2D eigenvalue weighted by atomic mass is 10.0. The molecule has 106 valence electrons. The summed E-state index contributed by atoms with van der Waals surface area (Å²) in [5, 5.41) is 18.7. The number of aliphatic hydroxyl groups excluding tert-OH is 1. The third-order valence-electron chi connectivity index (χ3n) is 3.58. The average Bonchev–Trinajstić information content (AvgIpc) is 2.90. The number of halogens is 1. The SMILES string of the molecule is N#Cc1cnc(N2C[C@H](O)C[C@H]2c2ccc(F)cc2)cn1. The van der Waals surface area contributed by atoms with Crippen LogP contribution in [0.3, 0.4) is 0 Å². The van der Waals surface area contributed by atoms with E-state index in [1.54, 1.807) is 12.1 Å². The molecule has 0 saturated carbocycles. The van der Waals surface area contributed by atoms with Crippen LogP contribution >= 0.6 is 0 Å². The molecule has 1 N–H and O–H groups in total. The Labute approximate surface area is 121 Å². The van der Waals surface area contributed by atoms with Crippen molar-refractivity contribution in [2.24, 2.45) is 0 Å². The standard InChI is InChI=1S/C15H13FN4O/c16-11-3-1-10(2-4-11)14-5-13(21)9-20(14)15-8-18-12(6-17)7-19-15/h1-4,7-8,13-14,21H,5,9H2/t13-,14+/m1/s1. The van der Waals surface area contributed by atoms with Gasteiger partial charge in [0.1, 0.15) is 17.7 Å². The van der Waals surface area contributed by atoms with Crippen LogP contribution in [-0.2, 0) is 0 Å². The van der Waals surface area contributed by atoms with Gasteiger partial charge in [-0.25, -0.2) is 14.4 Å². The van der Waals surface area contributed by atoms with Gasteiger partial charge in [-0.05, 0) is 24.1 Å². The normalized spacial score (nSPS) is 21.3. The second-order valence-corrected chi connectivity index (χ2v) is 4.98. The molecule has 6 heteroatoms. The number of nitriles is 1. The lowest BCUT2D eigenvalue weighted by Crippen LogP contribution is -2.25. The first-order valence-corrected chi connectivity index (χ1v) is 6.59. The Morgan fingerprint density at radius 1 is 1.24 bits per heavy atom. The molecule has 1 aliphatic heterocycles. The minimum absolute atomic E-state index is 0.0807. The van der Waals surface area contributed by atoms with E-state index in [1.807, 2.05) is 11.0 Å². The molecule has 1 aromatic carbocycles. The van der Waals surface area contributed by atoms with Gasteiger partial charge in [-0.2, -0.15) is 5.26 Å². The highest BCUT2D eigenvalue weighted by Gasteiger charge is 2.33. The first-order chi connectivity index (χ1) is 10.2. The van der Waals surface area contributed by atoms with E-state index in [2.05, 4.69) is 9.97 Å². The maximum Gasteiger partial charge on any atom is 0.158 e. The monoisotopic (exact) mass is 284 g/mol. The summed E-state index contributed by atoms with van der Waals surface area (Å²) < 4.78 is 13.0. The van der Waals surface area contributed by atoms with Crippen molar-refractivity contribution in [3.63, 3.8) is 0 Å². The number of benzene rings is 1. The Morgan fingerprint density at radius 2 is 2.00 bits per heavy atom. The first-order valence-electron chi connectivity index (χ1n) is 6.59. The second kappa shape index (κ2) is 5.46. The molecule has 0 amide bonds. The molecular formula is C15H13FN4O. The van der Waals surface area contributed by atoms with Gasteiger partial charge in [0.25, 0.3) is 0 Å². The fourth-order valence-electron chi connectivity index (χ4n) is 2.60. The van der Waals surface area contributed by atoms with Gasteiger partial charge in [0.05, 0.1) is 24.5 Å². The molecule has 0 aliphatic carbocycles. The van der Waals surface area contributed by atoms with Crippen molar-refractivity contribution in [3.05, 3.63) is 53.7 Å². The molecule has 1 saturated heterocycles. The molecule has 3 rings (SSSR count). The topological polar surface area (TPSA) is 73.0 Å². The summed E-state index contributed by atoms with van der Waals surface area (Å²) in [4.78, 5) is 10.1. The summed E-state index contributed by atoms with van der Waals surface area (Å²) in [5.41, 5.74) is 1.16. The van der Waals surface area contributed by atoms with Gasteiger partial charge >= 0.3 is 0 Å². The Bertz CT molecular complexity index is 666. The van der Waals surface area contributed by atoms with Crippen LogP contribution in [0.4, 0.5) is 10.2 Å². The molecular weight excluding hydrogens is 271 g/mol. The van der Waals surface area contributed by atoms with E-state index in [-0.39, 0.29) is 17.6 Å². The number of nitrogens with zero attached hydrogens (tertiary/aromatic N) is 4. The Balaban J connectivity index is 1.91. The molecule has 1 aromatic heterocycles. The number of rotatable bonds is 2. The molecule has 2 atom stereocenters. The van der Waals surface area contributed by atoms with Crippen molar-refractivity contribution in [1.29, 1.82) is 5.26 Å². The first kappa shape index (κ1) is 13.5.